The average Bonchev–Trinajstić information content (AvgIpc) is 3.36. The van der Waals surface area contributed by atoms with Crippen molar-refractivity contribution in [2.24, 2.45) is 0 Å². The van der Waals surface area contributed by atoms with Crippen molar-refractivity contribution < 1.29 is 23.5 Å². The lowest BCUT2D eigenvalue weighted by Crippen LogP contribution is -2.28. The molecule has 0 aliphatic carbocycles. The Morgan fingerprint density at radius 2 is 1.97 bits per heavy atom. The lowest BCUT2D eigenvalue weighted by Gasteiger charge is -2.26. The van der Waals surface area contributed by atoms with Crippen molar-refractivity contribution in [3.63, 3.8) is 0 Å². The number of nitrogens with zero attached hydrogens (tertiary/aromatic N) is 2. The normalized spacial score (nSPS) is 13.1. The summed E-state index contributed by atoms with van der Waals surface area (Å²) in [5.74, 6) is 1.32. The van der Waals surface area contributed by atoms with Crippen molar-refractivity contribution in [2.45, 2.75) is 31.9 Å². The molecule has 0 fully saturated rings. The van der Waals surface area contributed by atoms with Crippen LogP contribution >= 0.6 is 0 Å². The first-order valence-corrected chi connectivity index (χ1v) is 9.62. The summed E-state index contributed by atoms with van der Waals surface area (Å²) in [6.45, 7) is 15.2. The van der Waals surface area contributed by atoms with Gasteiger partial charge in [-0.1, -0.05) is 31.6 Å². The number of aliphatic hydroxyl groups excluding tert-OH is 1. The molecule has 2 atom stereocenters. The van der Waals surface area contributed by atoms with Gasteiger partial charge in [0.25, 0.3) is 5.88 Å². The Hall–Kier alpha value is -2.77. The van der Waals surface area contributed by atoms with E-state index in [2.05, 4.69) is 31.8 Å². The SMILES string of the molecule is C=CCN(CC=C)[C@@H](C=C)c1onc(OCCCC)c1C(O)c1occc1OC. The largest absolute Gasteiger partial charge is 0.493 e. The summed E-state index contributed by atoms with van der Waals surface area (Å²) in [4.78, 5) is 2.03. The van der Waals surface area contributed by atoms with Gasteiger partial charge in [0.15, 0.2) is 17.3 Å². The van der Waals surface area contributed by atoms with Crippen molar-refractivity contribution in [2.75, 3.05) is 26.8 Å². The summed E-state index contributed by atoms with van der Waals surface area (Å²) in [7, 11) is 1.51. The molecular weight excluding hydrogens is 372 g/mol. The lowest BCUT2D eigenvalue weighted by atomic mass is 10.0. The maximum Gasteiger partial charge on any atom is 0.260 e. The van der Waals surface area contributed by atoms with Gasteiger partial charge in [-0.15, -0.1) is 19.7 Å². The minimum Gasteiger partial charge on any atom is -0.493 e. The standard InChI is InChI=1S/C22H30N2O5/c1-6-10-14-28-22-18(19(25)21-17(26-5)11-15-27-21)20(29-23-22)16(9-4)24(12-7-2)13-8-3/h7-9,11,15-16,19,25H,2-4,6,10,12-14H2,1,5H3/t16-,19?/m0/s1. The molecule has 0 aromatic carbocycles. The number of unbranched alkanes of at least 4 members (excludes halogenated alkanes) is 1. The first kappa shape index (κ1) is 22.5. The smallest absolute Gasteiger partial charge is 0.260 e. The monoisotopic (exact) mass is 402 g/mol. The van der Waals surface area contributed by atoms with Gasteiger partial charge >= 0.3 is 0 Å². The van der Waals surface area contributed by atoms with Gasteiger partial charge in [0, 0.05) is 19.2 Å². The average molecular weight is 402 g/mol. The molecule has 1 unspecified atom stereocenters. The molecule has 0 saturated heterocycles. The fourth-order valence-electron chi connectivity index (χ4n) is 3.04. The quantitative estimate of drug-likeness (QED) is 0.370. The van der Waals surface area contributed by atoms with Gasteiger partial charge in [0.2, 0.25) is 0 Å². The number of methoxy groups -OCH3 is 1. The first-order valence-electron chi connectivity index (χ1n) is 9.62. The minimum atomic E-state index is -1.19. The zero-order chi connectivity index (χ0) is 21.2. The lowest BCUT2D eigenvalue weighted by molar-refractivity contribution is 0.170. The van der Waals surface area contributed by atoms with E-state index in [0.717, 1.165) is 12.8 Å². The number of rotatable bonds is 14. The van der Waals surface area contributed by atoms with E-state index < -0.39 is 6.10 Å². The summed E-state index contributed by atoms with van der Waals surface area (Å²) in [5, 5.41) is 15.2. The van der Waals surface area contributed by atoms with Crippen LogP contribution in [0.3, 0.4) is 0 Å². The van der Waals surface area contributed by atoms with Gasteiger partial charge in [0.05, 0.1) is 31.6 Å². The van der Waals surface area contributed by atoms with E-state index in [4.69, 9.17) is 18.4 Å². The highest BCUT2D eigenvalue weighted by molar-refractivity contribution is 5.41. The second kappa shape index (κ2) is 11.3. The maximum atomic E-state index is 11.1. The molecule has 2 heterocycles. The fourth-order valence-corrected chi connectivity index (χ4v) is 3.04. The van der Waals surface area contributed by atoms with Crippen LogP contribution in [0.2, 0.25) is 0 Å². The minimum absolute atomic E-state index is 0.225. The third kappa shape index (κ3) is 5.19. The highest BCUT2D eigenvalue weighted by Gasteiger charge is 2.34. The number of furan rings is 1. The Morgan fingerprint density at radius 1 is 1.24 bits per heavy atom. The first-order chi connectivity index (χ1) is 14.1. The Kier molecular flexibility index (Phi) is 8.76. The molecule has 2 rings (SSSR count). The summed E-state index contributed by atoms with van der Waals surface area (Å²) in [5.41, 5.74) is 0.386. The molecule has 0 spiro atoms. The predicted molar refractivity (Wildman–Crippen MR) is 111 cm³/mol. The third-order valence-corrected chi connectivity index (χ3v) is 4.47. The van der Waals surface area contributed by atoms with E-state index in [-0.39, 0.29) is 17.7 Å². The number of ether oxygens (including phenoxy) is 2. The Balaban J connectivity index is 2.51. The van der Waals surface area contributed by atoms with Crippen molar-refractivity contribution in [1.82, 2.24) is 10.1 Å². The van der Waals surface area contributed by atoms with E-state index in [1.807, 2.05) is 4.90 Å². The molecular formula is C22H30N2O5. The molecule has 29 heavy (non-hydrogen) atoms. The number of aromatic nitrogens is 1. The predicted octanol–water partition coefficient (Wildman–Crippen LogP) is 4.44. The highest BCUT2D eigenvalue weighted by atomic mass is 16.5. The van der Waals surface area contributed by atoms with Crippen molar-refractivity contribution in [1.29, 1.82) is 0 Å². The number of hydrogen-bond acceptors (Lipinski definition) is 7. The van der Waals surface area contributed by atoms with Crippen LogP contribution in [0.1, 0.15) is 49.0 Å². The van der Waals surface area contributed by atoms with E-state index in [1.54, 1.807) is 24.3 Å². The van der Waals surface area contributed by atoms with Crippen LogP contribution in [0, 0.1) is 0 Å². The zero-order valence-electron chi connectivity index (χ0n) is 17.2. The Bertz CT molecular complexity index is 785. The molecule has 0 radical (unpaired) electrons. The molecule has 0 saturated carbocycles. The van der Waals surface area contributed by atoms with Crippen LogP contribution in [0.4, 0.5) is 0 Å². The molecule has 158 valence electrons. The van der Waals surface area contributed by atoms with E-state index in [0.29, 0.717) is 36.8 Å². The molecule has 7 nitrogen and oxygen atoms in total. The van der Waals surface area contributed by atoms with Crippen molar-refractivity contribution in [3.8, 4) is 11.6 Å². The van der Waals surface area contributed by atoms with Crippen LogP contribution in [0.15, 0.2) is 59.2 Å². The summed E-state index contributed by atoms with van der Waals surface area (Å²) in [6, 6.07) is 1.25. The summed E-state index contributed by atoms with van der Waals surface area (Å²) in [6.07, 6.45) is 7.37. The van der Waals surface area contributed by atoms with Crippen molar-refractivity contribution >= 4 is 0 Å². The molecule has 7 heteroatoms. The van der Waals surface area contributed by atoms with Gasteiger partial charge < -0.3 is 23.5 Å². The molecule has 0 aliphatic rings. The van der Waals surface area contributed by atoms with Crippen LogP contribution < -0.4 is 9.47 Å². The second-order valence-corrected chi connectivity index (χ2v) is 6.44. The van der Waals surface area contributed by atoms with Gasteiger partial charge in [-0.2, -0.15) is 0 Å². The number of hydrogen-bond donors (Lipinski definition) is 1. The fraction of sp³-hybridized carbons (Fsp3) is 0.409. The van der Waals surface area contributed by atoms with E-state index in [9.17, 15) is 5.11 Å². The molecule has 0 aliphatic heterocycles. The maximum absolute atomic E-state index is 11.1. The van der Waals surface area contributed by atoms with Crippen LogP contribution in [-0.4, -0.2) is 42.0 Å². The molecule has 2 aromatic heterocycles. The van der Waals surface area contributed by atoms with Gasteiger partial charge in [-0.05, 0) is 11.6 Å². The van der Waals surface area contributed by atoms with Gasteiger partial charge in [-0.3, -0.25) is 4.90 Å². The van der Waals surface area contributed by atoms with Crippen LogP contribution in [0.5, 0.6) is 11.6 Å². The topological polar surface area (TPSA) is 81.1 Å². The molecule has 0 amide bonds. The van der Waals surface area contributed by atoms with Gasteiger partial charge in [0.1, 0.15) is 6.10 Å². The Morgan fingerprint density at radius 3 is 2.55 bits per heavy atom. The second-order valence-electron chi connectivity index (χ2n) is 6.44. The van der Waals surface area contributed by atoms with Crippen LogP contribution in [0.25, 0.3) is 0 Å². The zero-order valence-corrected chi connectivity index (χ0v) is 17.2. The van der Waals surface area contributed by atoms with E-state index >= 15 is 0 Å². The van der Waals surface area contributed by atoms with E-state index in [1.165, 1.54) is 13.4 Å². The van der Waals surface area contributed by atoms with Gasteiger partial charge in [-0.25, -0.2) is 0 Å². The highest BCUT2D eigenvalue weighted by Crippen LogP contribution is 2.41. The molecule has 0 bridgehead atoms. The Labute approximate surface area is 171 Å². The summed E-state index contributed by atoms with van der Waals surface area (Å²) < 4.78 is 22.2. The van der Waals surface area contributed by atoms with Crippen LogP contribution in [-0.2, 0) is 0 Å². The summed E-state index contributed by atoms with van der Waals surface area (Å²) >= 11 is 0. The molecule has 2 aromatic rings. The third-order valence-electron chi connectivity index (χ3n) is 4.47. The van der Waals surface area contributed by atoms with Crippen molar-refractivity contribution in [3.05, 3.63) is 67.4 Å². The molecule has 1 N–H and O–H groups in total. The number of aliphatic hydroxyl groups is 1.